The molecule has 41 heavy (non-hydrogen) atoms. The Labute approximate surface area is 233 Å². The molecule has 208 valence electrons. The molecule has 0 saturated heterocycles. The first-order chi connectivity index (χ1) is 19.6. The SMILES string of the molecule is COc1ccc(C2CC(=O)c3c(O)cc(O)cc3O2)cc1-c1c(O)cc(O)c2c1OC(c1ccc(O)cc1)CC2=O. The number of phenolic OH excluding ortho intramolecular Hbond substituents is 5. The molecule has 4 aromatic carbocycles. The minimum absolute atomic E-state index is 0.0229. The Morgan fingerprint density at radius 2 is 1.27 bits per heavy atom. The molecular weight excluding hydrogens is 532 g/mol. The van der Waals surface area contributed by atoms with E-state index in [9.17, 15) is 35.1 Å². The summed E-state index contributed by atoms with van der Waals surface area (Å²) < 4.78 is 17.8. The zero-order valence-electron chi connectivity index (χ0n) is 21.6. The van der Waals surface area contributed by atoms with Crippen LogP contribution in [0.2, 0.25) is 0 Å². The number of ketones is 2. The standard InChI is InChI=1S/C31H24O10/c1-39-24-7-4-15(26-12-22(37)29-19(34)9-17(33)10-27(29)40-26)8-18(24)28-20(35)11-21(36)30-23(38)13-25(41-31(28)30)14-2-5-16(32)6-3-14/h2-11,25-26,32-36H,12-13H2,1H3. The zero-order valence-corrected chi connectivity index (χ0v) is 21.6. The van der Waals surface area contributed by atoms with Gasteiger partial charge in [-0.2, -0.15) is 0 Å². The summed E-state index contributed by atoms with van der Waals surface area (Å²) >= 11 is 0. The summed E-state index contributed by atoms with van der Waals surface area (Å²) in [6.45, 7) is 0. The van der Waals surface area contributed by atoms with Crippen molar-refractivity contribution in [1.82, 2.24) is 0 Å². The lowest BCUT2D eigenvalue weighted by Gasteiger charge is -2.29. The summed E-state index contributed by atoms with van der Waals surface area (Å²) in [4.78, 5) is 26.1. The highest BCUT2D eigenvalue weighted by Gasteiger charge is 2.36. The molecule has 2 aliphatic heterocycles. The first kappa shape index (κ1) is 25.9. The van der Waals surface area contributed by atoms with Crippen molar-refractivity contribution in [1.29, 1.82) is 0 Å². The Morgan fingerprint density at radius 1 is 0.659 bits per heavy atom. The fourth-order valence-corrected chi connectivity index (χ4v) is 5.34. The topological polar surface area (TPSA) is 163 Å². The highest BCUT2D eigenvalue weighted by molar-refractivity contribution is 6.06. The highest BCUT2D eigenvalue weighted by Crippen LogP contribution is 2.52. The number of carbonyl (C=O) groups is 2. The van der Waals surface area contributed by atoms with Gasteiger partial charge in [0.2, 0.25) is 0 Å². The second kappa shape index (κ2) is 9.67. The van der Waals surface area contributed by atoms with Gasteiger partial charge in [0, 0.05) is 23.8 Å². The Kier molecular flexibility index (Phi) is 6.10. The van der Waals surface area contributed by atoms with Crippen molar-refractivity contribution in [3.8, 4) is 57.1 Å². The van der Waals surface area contributed by atoms with E-state index in [4.69, 9.17) is 14.2 Å². The average Bonchev–Trinajstić information content (AvgIpc) is 2.92. The second-order valence-corrected chi connectivity index (χ2v) is 9.85. The van der Waals surface area contributed by atoms with Crippen LogP contribution < -0.4 is 14.2 Å². The lowest BCUT2D eigenvalue weighted by atomic mass is 9.89. The number of fused-ring (bicyclic) bond motifs is 2. The molecule has 0 fully saturated rings. The molecule has 6 rings (SSSR count). The Morgan fingerprint density at radius 3 is 1.98 bits per heavy atom. The third-order valence-corrected chi connectivity index (χ3v) is 7.26. The van der Waals surface area contributed by atoms with Crippen LogP contribution in [0.3, 0.4) is 0 Å². The van der Waals surface area contributed by atoms with Crippen LogP contribution in [0.15, 0.2) is 60.7 Å². The van der Waals surface area contributed by atoms with E-state index in [2.05, 4.69) is 0 Å². The van der Waals surface area contributed by atoms with Crippen LogP contribution in [0.25, 0.3) is 11.1 Å². The number of hydrogen-bond acceptors (Lipinski definition) is 10. The number of hydrogen-bond donors (Lipinski definition) is 5. The number of phenols is 5. The van der Waals surface area contributed by atoms with Gasteiger partial charge in [-0.05, 0) is 35.4 Å². The molecule has 0 spiro atoms. The minimum Gasteiger partial charge on any atom is -0.508 e. The van der Waals surface area contributed by atoms with E-state index in [-0.39, 0.29) is 69.8 Å². The van der Waals surface area contributed by atoms with Crippen molar-refractivity contribution in [2.24, 2.45) is 0 Å². The molecule has 0 amide bonds. The molecule has 0 radical (unpaired) electrons. The van der Waals surface area contributed by atoms with E-state index in [0.717, 1.165) is 12.1 Å². The van der Waals surface area contributed by atoms with E-state index in [1.54, 1.807) is 30.3 Å². The van der Waals surface area contributed by atoms with Gasteiger partial charge >= 0.3 is 0 Å². The summed E-state index contributed by atoms with van der Waals surface area (Å²) in [7, 11) is 1.43. The first-order valence-corrected chi connectivity index (χ1v) is 12.7. The van der Waals surface area contributed by atoms with E-state index in [1.165, 1.54) is 25.3 Å². The second-order valence-electron chi connectivity index (χ2n) is 9.85. The van der Waals surface area contributed by atoms with Crippen LogP contribution in [0.1, 0.15) is 56.9 Å². The summed E-state index contributed by atoms with van der Waals surface area (Å²) in [5.41, 5.74) is 1.39. The molecule has 4 aromatic rings. The van der Waals surface area contributed by atoms with E-state index in [1.807, 2.05) is 0 Å². The maximum atomic E-state index is 13.2. The van der Waals surface area contributed by atoms with Crippen molar-refractivity contribution in [2.45, 2.75) is 25.0 Å². The van der Waals surface area contributed by atoms with Gasteiger partial charge in [-0.1, -0.05) is 18.2 Å². The number of aromatic hydroxyl groups is 5. The van der Waals surface area contributed by atoms with Crippen molar-refractivity contribution in [2.75, 3.05) is 7.11 Å². The largest absolute Gasteiger partial charge is 0.508 e. The van der Waals surface area contributed by atoms with Gasteiger partial charge < -0.3 is 39.7 Å². The number of carbonyl (C=O) groups excluding carboxylic acids is 2. The average molecular weight is 557 g/mol. The van der Waals surface area contributed by atoms with Crippen molar-refractivity contribution in [3.05, 3.63) is 82.9 Å². The van der Waals surface area contributed by atoms with Gasteiger partial charge in [-0.25, -0.2) is 0 Å². The molecular formula is C31H24O10. The van der Waals surface area contributed by atoms with Gasteiger partial charge in [-0.3, -0.25) is 9.59 Å². The fraction of sp³-hybridized carbons (Fsp3) is 0.161. The summed E-state index contributed by atoms with van der Waals surface area (Å²) in [6, 6.07) is 14.4. The number of Topliss-reactive ketones (excluding diaryl/α,β-unsaturated/α-hetero) is 2. The van der Waals surface area contributed by atoms with Gasteiger partial charge in [0.05, 0.1) is 25.5 Å². The van der Waals surface area contributed by atoms with Gasteiger partial charge in [0.1, 0.15) is 69.3 Å². The van der Waals surface area contributed by atoms with Crippen LogP contribution in [0.5, 0.6) is 46.0 Å². The minimum atomic E-state index is -0.816. The van der Waals surface area contributed by atoms with Gasteiger partial charge in [-0.15, -0.1) is 0 Å². The normalized spacial score (nSPS) is 17.7. The maximum Gasteiger partial charge on any atom is 0.174 e. The highest BCUT2D eigenvalue weighted by atomic mass is 16.5. The summed E-state index contributed by atoms with van der Waals surface area (Å²) in [6.07, 6.45) is -1.78. The molecule has 10 heteroatoms. The monoisotopic (exact) mass is 556 g/mol. The molecule has 2 heterocycles. The smallest absolute Gasteiger partial charge is 0.174 e. The lowest BCUT2D eigenvalue weighted by Crippen LogP contribution is -2.21. The molecule has 2 aliphatic rings. The molecule has 10 nitrogen and oxygen atoms in total. The molecule has 0 aliphatic carbocycles. The van der Waals surface area contributed by atoms with Crippen LogP contribution in [-0.2, 0) is 0 Å². The van der Waals surface area contributed by atoms with E-state index in [0.29, 0.717) is 22.4 Å². The van der Waals surface area contributed by atoms with E-state index < -0.39 is 23.7 Å². The number of ether oxygens (including phenoxy) is 3. The van der Waals surface area contributed by atoms with Crippen LogP contribution >= 0.6 is 0 Å². The number of benzene rings is 4. The Hall–Kier alpha value is -5.38. The molecule has 5 N–H and O–H groups in total. The molecule has 0 aromatic heterocycles. The Balaban J connectivity index is 1.47. The fourth-order valence-electron chi connectivity index (χ4n) is 5.34. The number of rotatable bonds is 4. The van der Waals surface area contributed by atoms with Crippen LogP contribution in [-0.4, -0.2) is 44.2 Å². The van der Waals surface area contributed by atoms with Crippen molar-refractivity contribution >= 4 is 11.6 Å². The predicted octanol–water partition coefficient (Wildman–Crippen LogP) is 5.30. The third-order valence-electron chi connectivity index (χ3n) is 7.26. The van der Waals surface area contributed by atoms with Gasteiger partial charge in [0.25, 0.3) is 0 Å². The maximum absolute atomic E-state index is 13.2. The van der Waals surface area contributed by atoms with Gasteiger partial charge in [0.15, 0.2) is 11.6 Å². The zero-order chi connectivity index (χ0) is 29.0. The molecule has 2 unspecified atom stereocenters. The third kappa shape index (κ3) is 4.39. The Bertz CT molecular complexity index is 1720. The van der Waals surface area contributed by atoms with Crippen LogP contribution in [0, 0.1) is 0 Å². The quantitative estimate of drug-likeness (QED) is 0.223. The number of methoxy groups -OCH3 is 1. The molecule has 0 bridgehead atoms. The van der Waals surface area contributed by atoms with Crippen LogP contribution in [0.4, 0.5) is 0 Å². The van der Waals surface area contributed by atoms with Crippen molar-refractivity contribution < 1.29 is 49.3 Å². The van der Waals surface area contributed by atoms with Crippen molar-refractivity contribution in [3.63, 3.8) is 0 Å². The summed E-state index contributed by atoms with van der Waals surface area (Å²) in [5.74, 6) is -1.94. The molecule has 0 saturated carbocycles. The first-order valence-electron chi connectivity index (χ1n) is 12.7. The molecule has 2 atom stereocenters. The predicted molar refractivity (Wildman–Crippen MR) is 144 cm³/mol. The lowest BCUT2D eigenvalue weighted by molar-refractivity contribution is 0.0834. The summed E-state index contributed by atoms with van der Waals surface area (Å²) in [5, 5.41) is 51.4. The van der Waals surface area contributed by atoms with E-state index >= 15 is 0 Å².